The van der Waals surface area contributed by atoms with E-state index in [2.05, 4.69) is 38.2 Å². The topological polar surface area (TPSA) is 0 Å². The Morgan fingerprint density at radius 2 is 2.22 bits per heavy atom. The first-order valence-electron chi connectivity index (χ1n) is 7.84. The van der Waals surface area contributed by atoms with E-state index in [-0.39, 0.29) is 0 Å². The molecule has 0 saturated carbocycles. The highest BCUT2D eigenvalue weighted by Gasteiger charge is 2.18. The third-order valence-corrected chi connectivity index (χ3v) is 4.55. The number of rotatable bonds is 6. The van der Waals surface area contributed by atoms with Crippen molar-refractivity contribution in [1.82, 2.24) is 0 Å². The molecule has 0 nitrogen and oxygen atoms in total. The van der Waals surface area contributed by atoms with Crippen LogP contribution in [0.1, 0.15) is 65.2 Å². The lowest BCUT2D eigenvalue weighted by atomic mass is 9.89. The van der Waals surface area contributed by atoms with E-state index in [1.807, 2.05) is 0 Å². The SMILES string of the molecule is CCC(CCCC1=CC=CCC1)C1=CC(C)CC1. The van der Waals surface area contributed by atoms with Crippen molar-refractivity contribution in [3.8, 4) is 0 Å². The van der Waals surface area contributed by atoms with Gasteiger partial charge in [-0.15, -0.1) is 0 Å². The van der Waals surface area contributed by atoms with Gasteiger partial charge in [0.1, 0.15) is 0 Å². The summed E-state index contributed by atoms with van der Waals surface area (Å²) in [6.45, 7) is 4.72. The standard InChI is InChI=1S/C18H28/c1-3-17(18-13-12-15(2)14-18)11-7-10-16-8-5-4-6-9-16/h4-5,8,14-15,17H,3,6-7,9-13H2,1-2H3. The van der Waals surface area contributed by atoms with Crippen molar-refractivity contribution in [3.05, 3.63) is 35.5 Å². The van der Waals surface area contributed by atoms with Crippen LogP contribution >= 0.6 is 0 Å². The smallest absolute Gasteiger partial charge is 0.0206 e. The molecule has 0 aromatic rings. The van der Waals surface area contributed by atoms with Gasteiger partial charge in [-0.1, -0.05) is 49.3 Å². The molecule has 2 aliphatic rings. The van der Waals surface area contributed by atoms with Crippen LogP contribution in [0, 0.1) is 11.8 Å². The molecule has 0 heteroatoms. The van der Waals surface area contributed by atoms with Crippen LogP contribution < -0.4 is 0 Å². The molecule has 0 N–H and O–H groups in total. The van der Waals surface area contributed by atoms with Crippen LogP contribution in [0.4, 0.5) is 0 Å². The lowest BCUT2D eigenvalue weighted by molar-refractivity contribution is 0.505. The quantitative estimate of drug-likeness (QED) is 0.517. The summed E-state index contributed by atoms with van der Waals surface area (Å²) in [6.07, 6.45) is 20.1. The van der Waals surface area contributed by atoms with Gasteiger partial charge in [-0.05, 0) is 63.2 Å². The first-order valence-corrected chi connectivity index (χ1v) is 7.84. The predicted molar refractivity (Wildman–Crippen MR) is 80.6 cm³/mol. The molecule has 0 spiro atoms. The van der Waals surface area contributed by atoms with Crippen molar-refractivity contribution in [2.24, 2.45) is 11.8 Å². The third kappa shape index (κ3) is 3.86. The van der Waals surface area contributed by atoms with Crippen LogP contribution in [0.2, 0.25) is 0 Å². The molecule has 0 aromatic carbocycles. The monoisotopic (exact) mass is 244 g/mol. The van der Waals surface area contributed by atoms with E-state index >= 15 is 0 Å². The normalized spacial score (nSPS) is 24.9. The summed E-state index contributed by atoms with van der Waals surface area (Å²) in [7, 11) is 0. The van der Waals surface area contributed by atoms with Gasteiger partial charge in [0.05, 0.1) is 0 Å². The van der Waals surface area contributed by atoms with Crippen molar-refractivity contribution in [2.45, 2.75) is 65.2 Å². The maximum absolute atomic E-state index is 2.55. The molecule has 100 valence electrons. The van der Waals surface area contributed by atoms with Gasteiger partial charge in [0.15, 0.2) is 0 Å². The van der Waals surface area contributed by atoms with E-state index in [1.165, 1.54) is 51.4 Å². The molecule has 0 aliphatic heterocycles. The average molecular weight is 244 g/mol. The summed E-state index contributed by atoms with van der Waals surface area (Å²) in [5, 5.41) is 0. The summed E-state index contributed by atoms with van der Waals surface area (Å²) < 4.78 is 0. The van der Waals surface area contributed by atoms with Gasteiger partial charge in [-0.2, -0.15) is 0 Å². The molecule has 2 unspecified atom stereocenters. The Balaban J connectivity index is 1.75. The van der Waals surface area contributed by atoms with Crippen LogP contribution in [-0.4, -0.2) is 0 Å². The second kappa shape index (κ2) is 6.97. The largest absolute Gasteiger partial charge is 0.0842 e. The molecule has 2 aliphatic carbocycles. The van der Waals surface area contributed by atoms with Gasteiger partial charge < -0.3 is 0 Å². The molecule has 0 saturated heterocycles. The molecule has 2 rings (SSSR count). The number of hydrogen-bond donors (Lipinski definition) is 0. The molecule has 18 heavy (non-hydrogen) atoms. The van der Waals surface area contributed by atoms with Gasteiger partial charge in [0, 0.05) is 0 Å². The lowest BCUT2D eigenvalue weighted by Crippen LogP contribution is -2.02. The van der Waals surface area contributed by atoms with Crippen LogP contribution in [0.5, 0.6) is 0 Å². The molecule has 0 heterocycles. The molecular formula is C18H28. The minimum absolute atomic E-state index is 0.834. The average Bonchev–Trinajstić information content (AvgIpc) is 2.82. The van der Waals surface area contributed by atoms with Crippen molar-refractivity contribution in [3.63, 3.8) is 0 Å². The minimum Gasteiger partial charge on any atom is -0.0842 e. The fourth-order valence-corrected chi connectivity index (χ4v) is 3.35. The molecule has 0 aromatic heterocycles. The van der Waals surface area contributed by atoms with Crippen LogP contribution in [0.15, 0.2) is 35.5 Å². The van der Waals surface area contributed by atoms with Gasteiger partial charge >= 0.3 is 0 Å². The first-order chi connectivity index (χ1) is 8.79. The van der Waals surface area contributed by atoms with E-state index in [1.54, 1.807) is 11.1 Å². The van der Waals surface area contributed by atoms with Crippen molar-refractivity contribution in [2.75, 3.05) is 0 Å². The molecule has 2 atom stereocenters. The predicted octanol–water partition coefficient (Wildman–Crippen LogP) is 5.82. The summed E-state index contributed by atoms with van der Waals surface area (Å²) >= 11 is 0. The zero-order chi connectivity index (χ0) is 12.8. The van der Waals surface area contributed by atoms with E-state index in [4.69, 9.17) is 0 Å². The van der Waals surface area contributed by atoms with Crippen molar-refractivity contribution in [1.29, 1.82) is 0 Å². The second-order valence-electron chi connectivity index (χ2n) is 6.05. The highest BCUT2D eigenvalue weighted by molar-refractivity contribution is 5.18. The highest BCUT2D eigenvalue weighted by atomic mass is 14.2. The summed E-state index contributed by atoms with van der Waals surface area (Å²) in [6, 6.07) is 0. The first kappa shape index (κ1) is 13.6. The Bertz CT molecular complexity index is 343. The fraction of sp³-hybridized carbons (Fsp3) is 0.667. The Labute approximate surface area is 113 Å². The molecule has 0 radical (unpaired) electrons. The Morgan fingerprint density at radius 1 is 1.33 bits per heavy atom. The van der Waals surface area contributed by atoms with Crippen LogP contribution in [-0.2, 0) is 0 Å². The zero-order valence-electron chi connectivity index (χ0n) is 12.1. The molecule has 0 amide bonds. The Hall–Kier alpha value is -0.780. The molecule has 0 bridgehead atoms. The minimum atomic E-state index is 0.834. The lowest BCUT2D eigenvalue weighted by Gasteiger charge is -2.17. The molecule has 0 fully saturated rings. The van der Waals surface area contributed by atoms with E-state index < -0.39 is 0 Å². The second-order valence-corrected chi connectivity index (χ2v) is 6.05. The van der Waals surface area contributed by atoms with E-state index in [9.17, 15) is 0 Å². The maximum Gasteiger partial charge on any atom is -0.0206 e. The summed E-state index contributed by atoms with van der Waals surface area (Å²) in [5.41, 5.74) is 3.43. The zero-order valence-corrected chi connectivity index (χ0v) is 12.1. The van der Waals surface area contributed by atoms with Gasteiger partial charge in [0.25, 0.3) is 0 Å². The summed E-state index contributed by atoms with van der Waals surface area (Å²) in [4.78, 5) is 0. The Morgan fingerprint density at radius 3 is 2.83 bits per heavy atom. The van der Waals surface area contributed by atoms with E-state index in [0.29, 0.717) is 0 Å². The third-order valence-electron chi connectivity index (χ3n) is 4.55. The number of allylic oxidation sites excluding steroid dienone is 6. The van der Waals surface area contributed by atoms with Crippen molar-refractivity contribution < 1.29 is 0 Å². The van der Waals surface area contributed by atoms with Gasteiger partial charge in [-0.25, -0.2) is 0 Å². The van der Waals surface area contributed by atoms with Crippen molar-refractivity contribution >= 4 is 0 Å². The van der Waals surface area contributed by atoms with Crippen LogP contribution in [0.3, 0.4) is 0 Å². The Kier molecular flexibility index (Phi) is 5.28. The molecular weight excluding hydrogens is 216 g/mol. The maximum atomic E-state index is 2.55. The van der Waals surface area contributed by atoms with Crippen LogP contribution in [0.25, 0.3) is 0 Å². The van der Waals surface area contributed by atoms with Gasteiger partial charge in [-0.3, -0.25) is 0 Å². The number of hydrogen-bond acceptors (Lipinski definition) is 0. The van der Waals surface area contributed by atoms with E-state index in [0.717, 1.165) is 11.8 Å². The van der Waals surface area contributed by atoms with Gasteiger partial charge in [0.2, 0.25) is 0 Å². The summed E-state index contributed by atoms with van der Waals surface area (Å²) in [5.74, 6) is 1.70. The highest BCUT2D eigenvalue weighted by Crippen LogP contribution is 2.34. The fourth-order valence-electron chi connectivity index (χ4n) is 3.35.